The fourth-order valence-electron chi connectivity index (χ4n) is 0.709. The molecule has 0 bridgehead atoms. The molecule has 3 N–H and O–H groups in total. The van der Waals surface area contributed by atoms with Gasteiger partial charge in [0.2, 0.25) is 0 Å². The maximum atomic E-state index is 12.4. The quantitative estimate of drug-likeness (QED) is 0.407. The second-order valence-electron chi connectivity index (χ2n) is 2.07. The summed E-state index contributed by atoms with van der Waals surface area (Å²) in [6.45, 7) is 0. The summed E-state index contributed by atoms with van der Waals surface area (Å²) in [6, 6.07) is 2.74. The molecule has 0 saturated carbocycles. The number of nitrogen functional groups attached to an aromatic ring is 1. The normalized spacial score (nSPS) is 8.83. The minimum absolute atomic E-state index is 0. The molecule has 1 aromatic carbocycles. The van der Waals surface area contributed by atoms with Crippen molar-refractivity contribution in [2.24, 2.45) is 5.73 Å². The molecule has 1 rings (SSSR count). The van der Waals surface area contributed by atoms with E-state index in [9.17, 15) is 8.78 Å². The van der Waals surface area contributed by atoms with Gasteiger partial charge in [0.05, 0.1) is 0 Å². The van der Waals surface area contributed by atoms with E-state index in [0.717, 1.165) is 18.2 Å². The highest BCUT2D eigenvalue weighted by Gasteiger charge is 2.01. The van der Waals surface area contributed by atoms with Gasteiger partial charge in [0.25, 0.3) is 0 Å². The van der Waals surface area contributed by atoms with Gasteiger partial charge >= 0.3 is 1.43 Å². The van der Waals surface area contributed by atoms with Crippen molar-refractivity contribution in [1.82, 2.24) is 0 Å². The van der Waals surface area contributed by atoms with Gasteiger partial charge < -0.3 is 18.1 Å². The van der Waals surface area contributed by atoms with Crippen molar-refractivity contribution in [2.75, 3.05) is 0 Å². The van der Waals surface area contributed by atoms with Crippen LogP contribution in [0.25, 0.3) is 0 Å². The van der Waals surface area contributed by atoms with E-state index in [0.29, 0.717) is 0 Å². The van der Waals surface area contributed by atoms with Crippen LogP contribution in [0.15, 0.2) is 18.2 Å². The van der Waals surface area contributed by atoms with E-state index in [1.54, 1.807) is 0 Å². The van der Waals surface area contributed by atoms with Gasteiger partial charge in [-0.2, -0.15) is 0 Å². The van der Waals surface area contributed by atoms with E-state index < -0.39 is 11.6 Å². The summed E-state index contributed by atoms with van der Waals surface area (Å²) in [7, 11) is 0. The van der Waals surface area contributed by atoms with Crippen LogP contribution in [0.5, 0.6) is 0 Å². The molecule has 0 spiro atoms. The van der Waals surface area contributed by atoms with Gasteiger partial charge in [-0.3, -0.25) is 5.41 Å². The molecule has 0 unspecified atom stereocenters. The fraction of sp³-hybridized carbons (Fsp3) is 0. The van der Waals surface area contributed by atoms with Crippen LogP contribution in [0.1, 0.15) is 6.99 Å². The second-order valence-corrected chi connectivity index (χ2v) is 2.07. The Bertz CT molecular complexity index is 286. The number of nitrogens with two attached hydrogens (primary N) is 1. The Morgan fingerprint density at radius 3 is 2.00 bits per heavy atom. The smallest absolute Gasteiger partial charge is 1.00 e. The highest BCUT2D eigenvalue weighted by Crippen LogP contribution is 2.06. The Labute approximate surface area is 75.8 Å². The summed E-state index contributed by atoms with van der Waals surface area (Å²) < 4.78 is 24.8. The van der Waals surface area contributed by atoms with Crippen molar-refractivity contribution in [1.29, 1.82) is 5.41 Å². The lowest BCUT2D eigenvalue weighted by Gasteiger charge is -1.97. The number of hydrogen-bond donors (Lipinski definition) is 2. The molecule has 0 aliphatic carbocycles. The Morgan fingerprint density at radius 2 is 1.67 bits per heavy atom. The predicted octanol–water partition coefficient (Wildman–Crippen LogP) is -1.63. The van der Waals surface area contributed by atoms with Crippen molar-refractivity contribution in [3.8, 4) is 0 Å². The van der Waals surface area contributed by atoms with Crippen molar-refractivity contribution in [3.05, 3.63) is 35.4 Å². The summed E-state index contributed by atoms with van der Waals surface area (Å²) in [5.74, 6) is -1.80. The molecular formula is C7H7ClF2N2. The number of nitrogens with one attached hydrogen (secondary N) is 1. The first kappa shape index (κ1) is 10.8. The SMILES string of the molecule is N=C(N)c1cc(F)cc(F)c1.[Cl-].[H+]. The lowest BCUT2D eigenvalue weighted by atomic mass is 10.2. The molecule has 0 aromatic heterocycles. The summed E-state index contributed by atoms with van der Waals surface area (Å²) in [5.41, 5.74) is 5.06. The van der Waals surface area contributed by atoms with E-state index in [1.807, 2.05) is 0 Å². The zero-order valence-electron chi connectivity index (χ0n) is 6.94. The average Bonchev–Trinajstić information content (AvgIpc) is 1.85. The third-order valence-electron chi connectivity index (χ3n) is 1.17. The molecule has 66 valence electrons. The Morgan fingerprint density at radius 1 is 1.25 bits per heavy atom. The molecule has 0 aliphatic heterocycles. The lowest BCUT2D eigenvalue weighted by Crippen LogP contribution is -3.00. The van der Waals surface area contributed by atoms with Crippen molar-refractivity contribution in [2.45, 2.75) is 0 Å². The molecule has 0 amide bonds. The molecule has 0 atom stereocenters. The maximum Gasteiger partial charge on any atom is 1.00 e. The largest absolute Gasteiger partial charge is 1.00 e. The molecule has 0 fully saturated rings. The lowest BCUT2D eigenvalue weighted by molar-refractivity contribution is -0.00000393. The van der Waals surface area contributed by atoms with E-state index in [2.05, 4.69) is 0 Å². The molecule has 12 heavy (non-hydrogen) atoms. The minimum Gasteiger partial charge on any atom is -1.00 e. The van der Waals surface area contributed by atoms with Crippen molar-refractivity contribution in [3.63, 3.8) is 0 Å². The number of benzene rings is 1. The van der Waals surface area contributed by atoms with Crippen LogP contribution in [0, 0.1) is 17.0 Å². The van der Waals surface area contributed by atoms with Gasteiger partial charge in [-0.25, -0.2) is 8.78 Å². The van der Waals surface area contributed by atoms with Gasteiger partial charge in [-0.1, -0.05) is 0 Å². The third-order valence-corrected chi connectivity index (χ3v) is 1.17. The van der Waals surface area contributed by atoms with Crippen LogP contribution in [0.3, 0.4) is 0 Å². The van der Waals surface area contributed by atoms with Gasteiger partial charge in [0, 0.05) is 11.6 Å². The van der Waals surface area contributed by atoms with Crippen LogP contribution < -0.4 is 18.1 Å². The minimum atomic E-state index is -0.727. The Hall–Kier alpha value is -1.16. The number of hydrogen-bond acceptors (Lipinski definition) is 1. The molecule has 0 saturated heterocycles. The van der Waals surface area contributed by atoms with Gasteiger partial charge in [-0.05, 0) is 12.1 Å². The number of amidine groups is 1. The maximum absolute atomic E-state index is 12.4. The van der Waals surface area contributed by atoms with E-state index in [-0.39, 0.29) is 25.2 Å². The highest BCUT2D eigenvalue weighted by molar-refractivity contribution is 5.94. The molecule has 2 nitrogen and oxygen atoms in total. The van der Waals surface area contributed by atoms with Gasteiger partial charge in [-0.15, -0.1) is 0 Å². The highest BCUT2D eigenvalue weighted by atomic mass is 35.5. The summed E-state index contributed by atoms with van der Waals surface area (Å²) in [6.07, 6.45) is 0. The average molecular weight is 193 g/mol. The monoisotopic (exact) mass is 192 g/mol. The standard InChI is InChI=1S/C7H6F2N2.ClH/c8-5-1-4(7(10)11)2-6(9)3-5;/h1-3H,(H3,10,11);1H. The first-order valence-electron chi connectivity index (χ1n) is 2.90. The first-order chi connectivity index (χ1) is 5.09. The molecule has 5 heteroatoms. The molecule has 1 aromatic rings. The first-order valence-corrected chi connectivity index (χ1v) is 2.90. The summed E-state index contributed by atoms with van der Waals surface area (Å²) >= 11 is 0. The van der Waals surface area contributed by atoms with Crippen LogP contribution in [-0.4, -0.2) is 5.84 Å². The van der Waals surface area contributed by atoms with Crippen molar-refractivity contribution >= 4 is 5.84 Å². The van der Waals surface area contributed by atoms with E-state index >= 15 is 0 Å². The topological polar surface area (TPSA) is 49.9 Å². The zero-order chi connectivity index (χ0) is 8.43. The Kier molecular flexibility index (Phi) is 3.63. The second kappa shape index (κ2) is 4.01. The molecule has 0 radical (unpaired) electrons. The van der Waals surface area contributed by atoms with Crippen molar-refractivity contribution < 1.29 is 22.6 Å². The zero-order valence-corrected chi connectivity index (χ0v) is 6.70. The molecular weight excluding hydrogens is 186 g/mol. The van der Waals surface area contributed by atoms with Crippen LogP contribution in [0.4, 0.5) is 8.78 Å². The number of rotatable bonds is 1. The predicted molar refractivity (Wildman–Crippen MR) is 38.5 cm³/mol. The molecule has 0 heterocycles. The number of halogens is 3. The molecule has 0 aliphatic rings. The van der Waals surface area contributed by atoms with E-state index in [4.69, 9.17) is 11.1 Å². The Balaban J connectivity index is 0. The van der Waals surface area contributed by atoms with E-state index in [1.165, 1.54) is 0 Å². The van der Waals surface area contributed by atoms with Gasteiger partial charge in [0.1, 0.15) is 17.5 Å². The summed E-state index contributed by atoms with van der Waals surface area (Å²) in [5, 5.41) is 6.87. The van der Waals surface area contributed by atoms with Gasteiger partial charge in [0.15, 0.2) is 0 Å². The fourth-order valence-corrected chi connectivity index (χ4v) is 0.709. The summed E-state index contributed by atoms with van der Waals surface area (Å²) in [4.78, 5) is 0. The van der Waals surface area contributed by atoms with Crippen LogP contribution >= 0.6 is 0 Å². The van der Waals surface area contributed by atoms with Crippen LogP contribution in [-0.2, 0) is 0 Å². The van der Waals surface area contributed by atoms with Crippen LogP contribution in [0.2, 0.25) is 0 Å². The third kappa shape index (κ3) is 2.47.